The Bertz CT molecular complexity index is 1500. The van der Waals surface area contributed by atoms with Crippen molar-refractivity contribution in [2.45, 2.75) is 19.0 Å². The number of hydrogen-bond acceptors (Lipinski definition) is 5. The van der Waals surface area contributed by atoms with Gasteiger partial charge in [0.05, 0.1) is 17.3 Å². The van der Waals surface area contributed by atoms with E-state index in [0.717, 1.165) is 16.9 Å². The molecule has 0 unspecified atom stereocenters. The van der Waals surface area contributed by atoms with E-state index in [4.69, 9.17) is 21.4 Å². The van der Waals surface area contributed by atoms with Crippen molar-refractivity contribution in [3.63, 3.8) is 0 Å². The Kier molecular flexibility index (Phi) is 7.55. The molecule has 1 amide bonds. The number of aromatic nitrogens is 1. The van der Waals surface area contributed by atoms with Crippen LogP contribution in [0.15, 0.2) is 81.8 Å². The molecule has 10 heteroatoms. The second kappa shape index (κ2) is 11.0. The summed E-state index contributed by atoms with van der Waals surface area (Å²) in [7, 11) is 1.47. The zero-order chi connectivity index (χ0) is 26.8. The molecule has 0 radical (unpaired) electrons. The fourth-order valence-electron chi connectivity index (χ4n) is 4.52. The third-order valence-electron chi connectivity index (χ3n) is 6.25. The van der Waals surface area contributed by atoms with Gasteiger partial charge in [0.15, 0.2) is 5.11 Å². The van der Waals surface area contributed by atoms with Gasteiger partial charge in [-0.1, -0.05) is 22.0 Å². The number of carbonyl (C=O) groups excluding carboxylic acids is 1. The molecule has 4 aromatic rings. The minimum atomic E-state index is -0.405. The molecule has 38 heavy (non-hydrogen) atoms. The number of nitrogens with zero attached hydrogens (tertiary/aromatic N) is 2. The minimum Gasteiger partial charge on any atom is -0.459 e. The van der Waals surface area contributed by atoms with E-state index in [0.29, 0.717) is 32.4 Å². The van der Waals surface area contributed by atoms with Gasteiger partial charge in [0.2, 0.25) is 5.91 Å². The molecule has 5 rings (SSSR count). The van der Waals surface area contributed by atoms with Crippen LogP contribution < -0.4 is 15.5 Å². The maximum atomic E-state index is 14.7. The lowest BCUT2D eigenvalue weighted by molar-refractivity contribution is -0.119. The lowest BCUT2D eigenvalue weighted by Crippen LogP contribution is -2.29. The van der Waals surface area contributed by atoms with Gasteiger partial charge in [0.25, 0.3) is 0 Å². The highest BCUT2D eigenvalue weighted by Gasteiger charge is 2.42. The monoisotopic (exact) mass is 594 g/mol. The molecule has 194 valence electrons. The molecule has 1 aliphatic heterocycles. The van der Waals surface area contributed by atoms with E-state index in [1.807, 2.05) is 54.3 Å². The van der Waals surface area contributed by atoms with E-state index in [2.05, 4.69) is 31.5 Å². The van der Waals surface area contributed by atoms with Crippen molar-refractivity contribution in [2.75, 3.05) is 23.9 Å². The average Bonchev–Trinajstić information content (AvgIpc) is 3.50. The molecule has 0 spiro atoms. The molecule has 0 saturated carbocycles. The van der Waals surface area contributed by atoms with Gasteiger partial charge in [-0.3, -0.25) is 9.78 Å². The van der Waals surface area contributed by atoms with E-state index in [9.17, 15) is 9.18 Å². The number of rotatable bonds is 7. The van der Waals surface area contributed by atoms with Crippen LogP contribution in [0.5, 0.6) is 0 Å². The summed E-state index contributed by atoms with van der Waals surface area (Å²) >= 11 is 9.08. The van der Waals surface area contributed by atoms with Gasteiger partial charge in [0.1, 0.15) is 30.0 Å². The van der Waals surface area contributed by atoms with Crippen LogP contribution in [-0.2, 0) is 9.53 Å². The normalized spacial score (nSPS) is 16.9. The van der Waals surface area contributed by atoms with Crippen LogP contribution in [0.3, 0.4) is 0 Å². The highest BCUT2D eigenvalue weighted by molar-refractivity contribution is 9.10. The molecule has 1 aliphatic rings. The first-order valence-corrected chi connectivity index (χ1v) is 13.0. The molecule has 1 fully saturated rings. The number of amides is 1. The molecule has 2 N–H and O–H groups in total. The Labute approximate surface area is 233 Å². The van der Waals surface area contributed by atoms with Crippen LogP contribution >= 0.6 is 28.1 Å². The number of benzene rings is 2. The molecule has 0 aliphatic carbocycles. The quantitative estimate of drug-likeness (QED) is 0.243. The summed E-state index contributed by atoms with van der Waals surface area (Å²) in [6.45, 7) is 1.87. The second-order valence-corrected chi connectivity index (χ2v) is 10.1. The number of halogens is 2. The number of methoxy groups -OCH3 is 1. The van der Waals surface area contributed by atoms with E-state index >= 15 is 0 Å². The van der Waals surface area contributed by atoms with Crippen molar-refractivity contribution in [1.29, 1.82) is 0 Å². The first-order chi connectivity index (χ1) is 18.4. The zero-order valence-electron chi connectivity index (χ0n) is 20.6. The van der Waals surface area contributed by atoms with Crippen molar-refractivity contribution in [2.24, 2.45) is 0 Å². The van der Waals surface area contributed by atoms with E-state index in [-0.39, 0.29) is 24.4 Å². The van der Waals surface area contributed by atoms with E-state index in [1.54, 1.807) is 24.4 Å². The number of hydrogen-bond donors (Lipinski definition) is 2. The molecule has 7 nitrogen and oxygen atoms in total. The van der Waals surface area contributed by atoms with Crippen LogP contribution in [0.2, 0.25) is 0 Å². The minimum absolute atomic E-state index is 0.0328. The van der Waals surface area contributed by atoms with Crippen molar-refractivity contribution in [3.8, 4) is 11.3 Å². The van der Waals surface area contributed by atoms with E-state index < -0.39 is 6.04 Å². The molecule has 0 bridgehead atoms. The predicted octanol–water partition coefficient (Wildman–Crippen LogP) is 6.31. The van der Waals surface area contributed by atoms with Crippen LogP contribution in [0.25, 0.3) is 11.3 Å². The summed E-state index contributed by atoms with van der Waals surface area (Å²) in [6.07, 6.45) is 1.73. The van der Waals surface area contributed by atoms with Crippen molar-refractivity contribution in [3.05, 3.63) is 100 Å². The van der Waals surface area contributed by atoms with Gasteiger partial charge in [-0.05, 0) is 85.4 Å². The van der Waals surface area contributed by atoms with Gasteiger partial charge in [-0.15, -0.1) is 0 Å². The SMILES string of the molecule is COCC(=O)Nc1ccc(N2C(=S)N[C@@H](c3ccccn3)[C@@H]2c2ccc(-c3ccc(Br)cc3F)o2)cc1C. The lowest BCUT2D eigenvalue weighted by Gasteiger charge is -2.27. The van der Waals surface area contributed by atoms with Gasteiger partial charge in [-0.25, -0.2) is 4.39 Å². The predicted molar refractivity (Wildman–Crippen MR) is 151 cm³/mol. The maximum absolute atomic E-state index is 14.7. The van der Waals surface area contributed by atoms with Gasteiger partial charge >= 0.3 is 0 Å². The Morgan fingerprint density at radius 1 is 1.21 bits per heavy atom. The van der Waals surface area contributed by atoms with Crippen LogP contribution in [0.4, 0.5) is 15.8 Å². The van der Waals surface area contributed by atoms with Crippen LogP contribution in [-0.4, -0.2) is 29.7 Å². The van der Waals surface area contributed by atoms with Crippen molar-refractivity contribution < 1.29 is 18.3 Å². The second-order valence-electron chi connectivity index (χ2n) is 8.80. The molecule has 2 aromatic carbocycles. The summed E-state index contributed by atoms with van der Waals surface area (Å²) in [5, 5.41) is 6.73. The molecular formula is C28H24BrFN4O3S. The number of furan rings is 1. The molecule has 1 saturated heterocycles. The van der Waals surface area contributed by atoms with Crippen molar-refractivity contribution >= 4 is 50.5 Å². The topological polar surface area (TPSA) is 79.6 Å². The number of pyridine rings is 1. The molecule has 2 aromatic heterocycles. The fraction of sp³-hybridized carbons (Fsp3) is 0.179. The number of nitrogens with one attached hydrogen (secondary N) is 2. The maximum Gasteiger partial charge on any atom is 0.250 e. The Hall–Kier alpha value is -3.60. The first kappa shape index (κ1) is 26.0. The number of carbonyl (C=O) groups is 1. The number of ether oxygens (including phenoxy) is 1. The smallest absolute Gasteiger partial charge is 0.250 e. The fourth-order valence-corrected chi connectivity index (χ4v) is 5.20. The summed E-state index contributed by atoms with van der Waals surface area (Å²) in [4.78, 5) is 18.5. The average molecular weight is 595 g/mol. The molecular weight excluding hydrogens is 571 g/mol. The zero-order valence-corrected chi connectivity index (χ0v) is 23.0. The number of anilines is 2. The van der Waals surface area contributed by atoms with Crippen molar-refractivity contribution in [1.82, 2.24) is 10.3 Å². The number of aryl methyl sites for hydroxylation is 1. The van der Waals surface area contributed by atoms with Gasteiger partial charge in [-0.2, -0.15) is 0 Å². The summed E-state index contributed by atoms with van der Waals surface area (Å²) in [5.74, 6) is 0.383. The Morgan fingerprint density at radius 2 is 2.05 bits per heavy atom. The summed E-state index contributed by atoms with van der Waals surface area (Å²) in [5.41, 5.74) is 3.49. The van der Waals surface area contributed by atoms with Gasteiger partial charge in [0, 0.05) is 29.2 Å². The highest BCUT2D eigenvalue weighted by Crippen LogP contribution is 2.43. The van der Waals surface area contributed by atoms with E-state index in [1.165, 1.54) is 13.2 Å². The lowest BCUT2D eigenvalue weighted by atomic mass is 10.0. The molecule has 2 atom stereocenters. The van der Waals surface area contributed by atoms with Crippen LogP contribution in [0.1, 0.15) is 29.1 Å². The summed E-state index contributed by atoms with van der Waals surface area (Å²) < 4.78 is 26.5. The molecule has 3 heterocycles. The Morgan fingerprint density at radius 3 is 2.76 bits per heavy atom. The highest BCUT2D eigenvalue weighted by atomic mass is 79.9. The Balaban J connectivity index is 1.55. The number of thiocarbonyl (C=S) groups is 1. The standard InChI is InChI=1S/C28H24BrFN4O3S/c1-16-13-18(7-9-21(16)32-25(35)15-36-2)34-27(26(33-28(34)38)22-5-3-4-12-31-22)24-11-10-23(37-24)19-8-6-17(29)14-20(19)30/h3-14,26-27H,15H2,1-2H3,(H,32,35)(H,33,38)/t26-,27-/m0/s1. The van der Waals surface area contributed by atoms with Crippen LogP contribution in [0, 0.1) is 12.7 Å². The first-order valence-electron chi connectivity index (χ1n) is 11.8. The largest absolute Gasteiger partial charge is 0.459 e. The third kappa shape index (κ3) is 5.20. The summed E-state index contributed by atoms with van der Waals surface area (Å²) in [6, 6.07) is 19.1. The van der Waals surface area contributed by atoms with Gasteiger partial charge < -0.3 is 24.7 Å². The third-order valence-corrected chi connectivity index (χ3v) is 7.06.